The van der Waals surface area contributed by atoms with Gasteiger partial charge in [0.25, 0.3) is 11.8 Å². The number of methoxy groups -OCH3 is 1. The Morgan fingerprint density at radius 2 is 1.86 bits per heavy atom. The van der Waals surface area contributed by atoms with E-state index < -0.39 is 5.91 Å². The first-order chi connectivity index (χ1) is 14.0. The van der Waals surface area contributed by atoms with Crippen LogP contribution >= 0.6 is 15.9 Å². The van der Waals surface area contributed by atoms with E-state index in [1.165, 1.54) is 13.4 Å². The highest BCUT2D eigenvalue weighted by molar-refractivity contribution is 9.10. The normalized spacial score (nSPS) is 10.3. The maximum atomic E-state index is 12.6. The third kappa shape index (κ3) is 4.97. The molecule has 0 aliphatic rings. The summed E-state index contributed by atoms with van der Waals surface area (Å²) in [6.45, 7) is 2.42. The van der Waals surface area contributed by atoms with Crippen molar-refractivity contribution in [2.24, 2.45) is 0 Å². The van der Waals surface area contributed by atoms with Gasteiger partial charge in [-0.1, -0.05) is 0 Å². The Morgan fingerprint density at radius 3 is 2.52 bits per heavy atom. The molecule has 0 bridgehead atoms. The van der Waals surface area contributed by atoms with Crippen molar-refractivity contribution in [3.8, 4) is 11.5 Å². The van der Waals surface area contributed by atoms with Crippen LogP contribution in [0.4, 0.5) is 11.4 Å². The van der Waals surface area contributed by atoms with Crippen LogP contribution in [0.15, 0.2) is 63.7 Å². The number of ether oxygens (including phenoxy) is 2. The van der Waals surface area contributed by atoms with Crippen molar-refractivity contribution in [2.45, 2.75) is 6.92 Å². The van der Waals surface area contributed by atoms with Gasteiger partial charge in [0.05, 0.1) is 30.1 Å². The molecule has 3 aromatic rings. The van der Waals surface area contributed by atoms with Crippen molar-refractivity contribution in [2.75, 3.05) is 24.4 Å². The second-order valence-corrected chi connectivity index (χ2v) is 6.73. The van der Waals surface area contributed by atoms with Gasteiger partial charge < -0.3 is 24.5 Å². The molecule has 1 heterocycles. The molecule has 0 saturated heterocycles. The number of furan rings is 1. The minimum absolute atomic E-state index is 0.186. The van der Waals surface area contributed by atoms with Crippen LogP contribution in [0.5, 0.6) is 11.5 Å². The van der Waals surface area contributed by atoms with E-state index >= 15 is 0 Å². The Morgan fingerprint density at radius 1 is 1.03 bits per heavy atom. The smallest absolute Gasteiger partial charge is 0.291 e. The molecule has 0 spiro atoms. The molecule has 2 N–H and O–H groups in total. The van der Waals surface area contributed by atoms with E-state index in [1.807, 2.05) is 6.92 Å². The Bertz CT molecular complexity index is 1020. The second-order valence-electron chi connectivity index (χ2n) is 5.88. The lowest BCUT2D eigenvalue weighted by atomic mass is 10.2. The van der Waals surface area contributed by atoms with E-state index in [-0.39, 0.29) is 11.7 Å². The number of carbonyl (C=O) groups excluding carboxylic acids is 2. The van der Waals surface area contributed by atoms with Gasteiger partial charge in [0, 0.05) is 17.3 Å². The summed E-state index contributed by atoms with van der Waals surface area (Å²) in [4.78, 5) is 24.7. The summed E-state index contributed by atoms with van der Waals surface area (Å²) in [5.74, 6) is 0.566. The SMILES string of the molecule is CCOc1ccc(C(=O)Nc2ccc(NC(=O)c3ccco3)c(OC)c2)cc1Br. The fourth-order valence-corrected chi connectivity index (χ4v) is 3.08. The first kappa shape index (κ1) is 20.5. The highest BCUT2D eigenvalue weighted by Crippen LogP contribution is 2.30. The largest absolute Gasteiger partial charge is 0.494 e. The van der Waals surface area contributed by atoms with Gasteiger partial charge in [0.1, 0.15) is 11.5 Å². The van der Waals surface area contributed by atoms with E-state index in [9.17, 15) is 9.59 Å². The fourth-order valence-electron chi connectivity index (χ4n) is 2.58. The zero-order chi connectivity index (χ0) is 20.8. The van der Waals surface area contributed by atoms with Crippen LogP contribution in [0.3, 0.4) is 0 Å². The number of halogens is 1. The summed E-state index contributed by atoms with van der Waals surface area (Å²) in [5, 5.41) is 5.52. The van der Waals surface area contributed by atoms with Gasteiger partial charge >= 0.3 is 0 Å². The topological polar surface area (TPSA) is 89.8 Å². The maximum absolute atomic E-state index is 12.6. The first-order valence-corrected chi connectivity index (χ1v) is 9.57. The summed E-state index contributed by atoms with van der Waals surface area (Å²) >= 11 is 3.40. The van der Waals surface area contributed by atoms with Gasteiger partial charge in [-0.3, -0.25) is 9.59 Å². The number of amides is 2. The number of benzene rings is 2. The highest BCUT2D eigenvalue weighted by Gasteiger charge is 2.14. The van der Waals surface area contributed by atoms with Gasteiger partial charge in [-0.25, -0.2) is 0 Å². The molecule has 3 rings (SSSR count). The fraction of sp³-hybridized carbons (Fsp3) is 0.143. The number of hydrogen-bond acceptors (Lipinski definition) is 5. The summed E-state index contributed by atoms with van der Waals surface area (Å²) in [6.07, 6.45) is 1.42. The molecule has 0 unspecified atom stereocenters. The molecule has 1 aromatic heterocycles. The van der Waals surface area contributed by atoms with Crippen LogP contribution in [0.1, 0.15) is 27.8 Å². The van der Waals surface area contributed by atoms with Gasteiger partial charge in [-0.05, 0) is 65.3 Å². The zero-order valence-electron chi connectivity index (χ0n) is 15.8. The van der Waals surface area contributed by atoms with Gasteiger partial charge in [0.2, 0.25) is 0 Å². The van der Waals surface area contributed by atoms with Gasteiger partial charge in [-0.2, -0.15) is 0 Å². The molecule has 0 saturated carbocycles. The number of nitrogens with one attached hydrogen (secondary N) is 2. The molecule has 8 heteroatoms. The van der Waals surface area contributed by atoms with Crippen LogP contribution in [0, 0.1) is 0 Å². The third-order valence-electron chi connectivity index (χ3n) is 3.95. The van der Waals surface area contributed by atoms with Crippen molar-refractivity contribution in [3.05, 3.63) is 70.6 Å². The van der Waals surface area contributed by atoms with E-state index in [2.05, 4.69) is 26.6 Å². The molecule has 2 amide bonds. The van der Waals surface area contributed by atoms with Gasteiger partial charge in [0.15, 0.2) is 5.76 Å². The van der Waals surface area contributed by atoms with E-state index in [4.69, 9.17) is 13.9 Å². The average molecular weight is 459 g/mol. The van der Waals surface area contributed by atoms with Crippen molar-refractivity contribution in [1.29, 1.82) is 0 Å². The Hall–Kier alpha value is -3.26. The number of rotatable bonds is 7. The van der Waals surface area contributed by atoms with Crippen molar-refractivity contribution in [3.63, 3.8) is 0 Å². The van der Waals surface area contributed by atoms with Crippen LogP contribution in [-0.2, 0) is 0 Å². The number of hydrogen-bond donors (Lipinski definition) is 2. The molecule has 0 fully saturated rings. The monoisotopic (exact) mass is 458 g/mol. The standard InChI is InChI=1S/C21H19BrN2O5/c1-3-28-17-9-6-13(11-15(17)22)20(25)23-14-7-8-16(19(12-14)27-2)24-21(26)18-5-4-10-29-18/h4-12H,3H2,1-2H3,(H,23,25)(H,24,26). The van der Waals surface area contributed by atoms with Crippen molar-refractivity contribution >= 4 is 39.1 Å². The predicted octanol–water partition coefficient (Wildman–Crippen LogP) is 4.95. The minimum atomic E-state index is -0.399. The van der Waals surface area contributed by atoms with E-state index in [0.717, 1.165) is 0 Å². The summed E-state index contributed by atoms with van der Waals surface area (Å²) in [6, 6.07) is 13.2. The molecular weight excluding hydrogens is 440 g/mol. The Balaban J connectivity index is 1.73. The second kappa shape index (κ2) is 9.29. The molecule has 0 radical (unpaired) electrons. The summed E-state index contributed by atoms with van der Waals surface area (Å²) in [5.41, 5.74) is 1.44. The maximum Gasteiger partial charge on any atom is 0.291 e. The summed E-state index contributed by atoms with van der Waals surface area (Å²) in [7, 11) is 1.48. The molecule has 7 nitrogen and oxygen atoms in total. The van der Waals surface area contributed by atoms with Crippen LogP contribution in [0.25, 0.3) is 0 Å². The highest BCUT2D eigenvalue weighted by atomic mass is 79.9. The Kier molecular flexibility index (Phi) is 6.56. The van der Waals surface area contributed by atoms with Crippen LogP contribution < -0.4 is 20.1 Å². The van der Waals surface area contributed by atoms with E-state index in [0.29, 0.717) is 39.5 Å². The van der Waals surface area contributed by atoms with Crippen LogP contribution in [-0.4, -0.2) is 25.5 Å². The minimum Gasteiger partial charge on any atom is -0.494 e. The first-order valence-electron chi connectivity index (χ1n) is 8.78. The number of carbonyl (C=O) groups is 2. The molecule has 0 atom stereocenters. The van der Waals surface area contributed by atoms with Gasteiger partial charge in [-0.15, -0.1) is 0 Å². The quantitative estimate of drug-likeness (QED) is 0.522. The van der Waals surface area contributed by atoms with E-state index in [1.54, 1.807) is 48.5 Å². The molecular formula is C21H19BrN2O5. The molecule has 150 valence electrons. The Labute approximate surface area is 176 Å². The molecule has 2 aromatic carbocycles. The molecule has 0 aliphatic carbocycles. The third-order valence-corrected chi connectivity index (χ3v) is 4.57. The predicted molar refractivity (Wildman–Crippen MR) is 113 cm³/mol. The molecule has 29 heavy (non-hydrogen) atoms. The van der Waals surface area contributed by atoms with Crippen molar-refractivity contribution < 1.29 is 23.5 Å². The zero-order valence-corrected chi connectivity index (χ0v) is 17.4. The van der Waals surface area contributed by atoms with Crippen LogP contribution in [0.2, 0.25) is 0 Å². The lowest BCUT2D eigenvalue weighted by Crippen LogP contribution is -2.14. The number of anilines is 2. The molecule has 0 aliphatic heterocycles. The van der Waals surface area contributed by atoms with Crippen molar-refractivity contribution in [1.82, 2.24) is 0 Å². The lowest BCUT2D eigenvalue weighted by Gasteiger charge is -2.13. The average Bonchev–Trinajstić information content (AvgIpc) is 3.25. The lowest BCUT2D eigenvalue weighted by molar-refractivity contribution is 0.0994. The summed E-state index contributed by atoms with van der Waals surface area (Å²) < 4.78 is 16.6.